The molecule has 0 spiro atoms. The van der Waals surface area contributed by atoms with Crippen molar-refractivity contribution in [1.82, 2.24) is 5.06 Å². The maximum absolute atomic E-state index is 10.7. The third-order valence-electron chi connectivity index (χ3n) is 4.72. The molecule has 3 rings (SSSR count). The topological polar surface area (TPSA) is 51.2 Å². The number of rotatable bonds is 9. The molecule has 2 aromatic rings. The Morgan fingerprint density at radius 3 is 2.29 bits per heavy atom. The lowest BCUT2D eigenvalue weighted by Gasteiger charge is -2.30. The predicted octanol–water partition coefficient (Wildman–Crippen LogP) is 4.17. The minimum absolute atomic E-state index is 0.313. The Kier molecular flexibility index (Phi) is 6.99. The highest BCUT2D eigenvalue weighted by Crippen LogP contribution is 2.32. The zero-order valence-electron chi connectivity index (χ0n) is 16.5. The van der Waals surface area contributed by atoms with Gasteiger partial charge in [-0.1, -0.05) is 66.7 Å². The van der Waals surface area contributed by atoms with E-state index in [1.54, 1.807) is 6.08 Å². The van der Waals surface area contributed by atoms with E-state index < -0.39 is 17.9 Å². The monoisotopic (exact) mass is 383 g/mol. The first-order chi connectivity index (χ1) is 13.5. The van der Waals surface area contributed by atoms with Crippen LogP contribution in [0.5, 0.6) is 0 Å². The number of benzene rings is 2. The molecule has 1 N–H and O–H groups in total. The van der Waals surface area contributed by atoms with E-state index in [2.05, 4.69) is 6.58 Å². The van der Waals surface area contributed by atoms with E-state index in [1.807, 2.05) is 74.5 Å². The quantitative estimate of drug-likeness (QED) is 0.520. The fraction of sp³-hybridized carbons (Fsp3) is 0.391. The van der Waals surface area contributed by atoms with Gasteiger partial charge >= 0.3 is 0 Å². The molecule has 0 aromatic heterocycles. The molecular formula is C23H29NO4. The Morgan fingerprint density at radius 1 is 1.07 bits per heavy atom. The summed E-state index contributed by atoms with van der Waals surface area (Å²) in [6, 6.07) is 19.4. The van der Waals surface area contributed by atoms with Crippen molar-refractivity contribution in [2.45, 2.75) is 51.0 Å². The molecule has 1 heterocycles. The van der Waals surface area contributed by atoms with Gasteiger partial charge in [0, 0.05) is 6.54 Å². The Hall–Kier alpha value is -2.02. The van der Waals surface area contributed by atoms with Crippen LogP contribution in [-0.2, 0) is 27.4 Å². The minimum atomic E-state index is -0.750. The van der Waals surface area contributed by atoms with E-state index in [0.717, 1.165) is 11.1 Å². The van der Waals surface area contributed by atoms with Gasteiger partial charge in [0.1, 0.15) is 12.2 Å². The van der Waals surface area contributed by atoms with E-state index in [0.29, 0.717) is 19.8 Å². The smallest absolute Gasteiger partial charge is 0.163 e. The number of hydroxylamine groups is 2. The van der Waals surface area contributed by atoms with Gasteiger partial charge in [0.05, 0.1) is 19.3 Å². The van der Waals surface area contributed by atoms with Crippen LogP contribution in [0, 0.1) is 0 Å². The third kappa shape index (κ3) is 5.50. The summed E-state index contributed by atoms with van der Waals surface area (Å²) < 4.78 is 18.0. The molecule has 0 bridgehead atoms. The predicted molar refractivity (Wildman–Crippen MR) is 108 cm³/mol. The van der Waals surface area contributed by atoms with Crippen molar-refractivity contribution in [3.05, 3.63) is 84.4 Å². The van der Waals surface area contributed by atoms with Gasteiger partial charge in [0.15, 0.2) is 5.79 Å². The summed E-state index contributed by atoms with van der Waals surface area (Å²) in [4.78, 5) is 0. The Morgan fingerprint density at radius 2 is 1.68 bits per heavy atom. The Labute approximate surface area is 167 Å². The molecule has 1 aliphatic rings. The van der Waals surface area contributed by atoms with Crippen molar-refractivity contribution >= 4 is 0 Å². The molecule has 1 fully saturated rings. The van der Waals surface area contributed by atoms with Crippen LogP contribution in [0.3, 0.4) is 0 Å². The summed E-state index contributed by atoms with van der Waals surface area (Å²) in [5.41, 5.74) is 2.11. The standard InChI is InChI=1S/C23H29NO4/c1-4-20(24(25)15-18-11-7-5-8-12-18)22-21(27-23(2,3)28-22)17-26-16-19-13-9-6-10-14-19/h4-14,20-22,25H,1,15-17H2,2-3H3/t20-,21+,22+/m1/s1. The van der Waals surface area contributed by atoms with Crippen molar-refractivity contribution in [2.24, 2.45) is 0 Å². The fourth-order valence-electron chi connectivity index (χ4n) is 3.45. The van der Waals surface area contributed by atoms with Crippen molar-refractivity contribution < 1.29 is 19.4 Å². The maximum atomic E-state index is 10.7. The number of ether oxygens (including phenoxy) is 3. The number of hydrogen-bond donors (Lipinski definition) is 1. The highest BCUT2D eigenvalue weighted by Gasteiger charge is 2.46. The SMILES string of the molecule is C=C[C@H]([C@@H]1OC(C)(C)O[C@H]1COCc1ccccc1)N(O)Cc1ccccc1. The summed E-state index contributed by atoms with van der Waals surface area (Å²) in [7, 11) is 0. The Balaban J connectivity index is 1.64. The number of hydrogen-bond acceptors (Lipinski definition) is 5. The van der Waals surface area contributed by atoms with E-state index in [4.69, 9.17) is 14.2 Å². The van der Waals surface area contributed by atoms with E-state index in [9.17, 15) is 5.21 Å². The largest absolute Gasteiger partial charge is 0.374 e. The summed E-state index contributed by atoms with van der Waals surface area (Å²) in [6.45, 7) is 8.88. The summed E-state index contributed by atoms with van der Waals surface area (Å²) >= 11 is 0. The van der Waals surface area contributed by atoms with Gasteiger partial charge < -0.3 is 19.4 Å². The molecule has 28 heavy (non-hydrogen) atoms. The molecule has 3 atom stereocenters. The first kappa shape index (κ1) is 20.7. The average Bonchev–Trinajstić information content (AvgIpc) is 2.98. The van der Waals surface area contributed by atoms with Gasteiger partial charge in [-0.25, -0.2) is 0 Å². The van der Waals surface area contributed by atoms with Crippen LogP contribution in [0.1, 0.15) is 25.0 Å². The molecule has 2 aromatic carbocycles. The van der Waals surface area contributed by atoms with Gasteiger partial charge in [-0.2, -0.15) is 5.06 Å². The molecule has 1 aliphatic heterocycles. The maximum Gasteiger partial charge on any atom is 0.163 e. The molecular weight excluding hydrogens is 354 g/mol. The first-order valence-corrected chi connectivity index (χ1v) is 9.58. The van der Waals surface area contributed by atoms with Crippen LogP contribution in [-0.4, -0.2) is 40.9 Å². The molecule has 5 nitrogen and oxygen atoms in total. The third-order valence-corrected chi connectivity index (χ3v) is 4.72. The summed E-state index contributed by atoms with van der Waals surface area (Å²) in [5.74, 6) is -0.750. The van der Waals surface area contributed by atoms with Crippen molar-refractivity contribution in [1.29, 1.82) is 0 Å². The van der Waals surface area contributed by atoms with E-state index in [-0.39, 0.29) is 6.10 Å². The molecule has 0 aliphatic carbocycles. The minimum Gasteiger partial charge on any atom is -0.374 e. The van der Waals surface area contributed by atoms with Crippen LogP contribution < -0.4 is 0 Å². The molecule has 0 saturated carbocycles. The van der Waals surface area contributed by atoms with Crippen LogP contribution in [0.25, 0.3) is 0 Å². The van der Waals surface area contributed by atoms with Gasteiger partial charge in [-0.3, -0.25) is 0 Å². The average molecular weight is 383 g/mol. The van der Waals surface area contributed by atoms with Crippen molar-refractivity contribution in [3.63, 3.8) is 0 Å². The zero-order chi connectivity index (χ0) is 20.0. The highest BCUT2D eigenvalue weighted by atomic mass is 16.8. The lowest BCUT2D eigenvalue weighted by atomic mass is 10.0. The van der Waals surface area contributed by atoms with E-state index >= 15 is 0 Å². The van der Waals surface area contributed by atoms with Crippen LogP contribution in [0.4, 0.5) is 0 Å². The molecule has 0 radical (unpaired) electrons. The Bertz CT molecular complexity index is 735. The molecule has 0 unspecified atom stereocenters. The van der Waals surface area contributed by atoms with Crippen molar-refractivity contribution in [2.75, 3.05) is 6.61 Å². The second-order valence-electron chi connectivity index (χ2n) is 7.45. The zero-order valence-corrected chi connectivity index (χ0v) is 16.5. The van der Waals surface area contributed by atoms with Gasteiger partial charge in [-0.15, -0.1) is 6.58 Å². The van der Waals surface area contributed by atoms with Gasteiger partial charge in [0.25, 0.3) is 0 Å². The summed E-state index contributed by atoms with van der Waals surface area (Å²) in [6.07, 6.45) is 0.992. The molecule has 1 saturated heterocycles. The second kappa shape index (κ2) is 9.45. The molecule has 0 amide bonds. The van der Waals surface area contributed by atoms with Crippen LogP contribution in [0.2, 0.25) is 0 Å². The highest BCUT2D eigenvalue weighted by molar-refractivity contribution is 5.15. The molecule has 5 heteroatoms. The number of nitrogens with zero attached hydrogens (tertiary/aromatic N) is 1. The summed E-state index contributed by atoms with van der Waals surface area (Å²) in [5, 5.41) is 12.0. The molecule has 150 valence electrons. The van der Waals surface area contributed by atoms with E-state index in [1.165, 1.54) is 5.06 Å². The lowest BCUT2D eigenvalue weighted by molar-refractivity contribution is -0.178. The first-order valence-electron chi connectivity index (χ1n) is 9.58. The normalized spacial score (nSPS) is 22.3. The van der Waals surface area contributed by atoms with Gasteiger partial charge in [0.2, 0.25) is 0 Å². The fourth-order valence-corrected chi connectivity index (χ4v) is 3.45. The lowest BCUT2D eigenvalue weighted by Crippen LogP contribution is -2.46. The van der Waals surface area contributed by atoms with Crippen LogP contribution >= 0.6 is 0 Å². The second-order valence-corrected chi connectivity index (χ2v) is 7.45. The van der Waals surface area contributed by atoms with Crippen LogP contribution in [0.15, 0.2) is 73.3 Å². The van der Waals surface area contributed by atoms with Gasteiger partial charge in [-0.05, 0) is 25.0 Å². The van der Waals surface area contributed by atoms with Crippen molar-refractivity contribution in [3.8, 4) is 0 Å².